The number of primary amides is 1. The molecule has 1 aromatic carbocycles. The highest BCUT2D eigenvalue weighted by molar-refractivity contribution is 7.17. The normalized spacial score (nSPS) is 16.0. The number of carbonyl (C=O) groups is 2. The summed E-state index contributed by atoms with van der Waals surface area (Å²) >= 11 is 1.41. The lowest BCUT2D eigenvalue weighted by Crippen LogP contribution is -2.19. The van der Waals surface area contributed by atoms with Crippen LogP contribution in [0.4, 0.5) is 10.7 Å². The number of thiophene rings is 1. The van der Waals surface area contributed by atoms with Crippen LogP contribution in [0.5, 0.6) is 0 Å². The number of nitrogens with zero attached hydrogens (tertiary/aromatic N) is 1. The molecule has 2 amide bonds. The van der Waals surface area contributed by atoms with Gasteiger partial charge in [0.15, 0.2) is 0 Å². The van der Waals surface area contributed by atoms with Gasteiger partial charge >= 0.3 is 0 Å². The molecular formula is C20H21N3O4S. The van der Waals surface area contributed by atoms with Gasteiger partial charge in [-0.15, -0.1) is 11.3 Å². The van der Waals surface area contributed by atoms with E-state index in [1.807, 2.05) is 0 Å². The van der Waals surface area contributed by atoms with Crippen molar-refractivity contribution >= 4 is 39.9 Å². The molecule has 0 radical (unpaired) electrons. The fourth-order valence-electron chi connectivity index (χ4n) is 3.42. The lowest BCUT2D eigenvalue weighted by atomic mass is 9.85. The molecule has 3 rings (SSSR count). The third-order valence-electron chi connectivity index (χ3n) is 4.94. The fraction of sp³-hybridized carbons (Fsp3) is 0.300. The Morgan fingerprint density at radius 3 is 2.89 bits per heavy atom. The summed E-state index contributed by atoms with van der Waals surface area (Å²) in [5, 5.41) is 14.1. The number of anilines is 1. The summed E-state index contributed by atoms with van der Waals surface area (Å²) in [7, 11) is 0. The number of nitrogens with two attached hydrogens (primary N) is 1. The predicted molar refractivity (Wildman–Crippen MR) is 109 cm³/mol. The van der Waals surface area contributed by atoms with E-state index in [0.717, 1.165) is 36.1 Å². The Balaban J connectivity index is 1.79. The smallest absolute Gasteiger partial charge is 0.270 e. The largest absolute Gasteiger partial charge is 0.365 e. The van der Waals surface area contributed by atoms with Gasteiger partial charge in [-0.3, -0.25) is 19.7 Å². The zero-order chi connectivity index (χ0) is 20.3. The number of hydrogen-bond acceptors (Lipinski definition) is 5. The molecule has 0 aliphatic heterocycles. The van der Waals surface area contributed by atoms with E-state index in [-0.39, 0.29) is 5.69 Å². The number of nitrogens with one attached hydrogen (secondary N) is 1. The summed E-state index contributed by atoms with van der Waals surface area (Å²) in [5.74, 6) is -0.366. The first-order valence-electron chi connectivity index (χ1n) is 9.06. The summed E-state index contributed by atoms with van der Waals surface area (Å²) in [6.07, 6.45) is 6.57. The van der Waals surface area contributed by atoms with E-state index >= 15 is 0 Å². The van der Waals surface area contributed by atoms with Crippen molar-refractivity contribution in [3.8, 4) is 0 Å². The standard InChI is InChI=1S/C20H21N3O4S/c1-2-12-6-8-15-16(11-12)28-20(18(15)19(21)25)22-17(24)9-7-13-4-3-5-14(10-13)23(26)27/h3-5,7,9-10,12H,2,6,8,11H2,1H3,(H2,21,25)(H,22,24)/b9-7-/t12-/m1/s1. The van der Waals surface area contributed by atoms with Crippen LogP contribution in [-0.4, -0.2) is 16.7 Å². The number of carbonyl (C=O) groups excluding carboxylic acids is 2. The maximum Gasteiger partial charge on any atom is 0.270 e. The zero-order valence-corrected chi connectivity index (χ0v) is 16.3. The van der Waals surface area contributed by atoms with Gasteiger partial charge in [-0.05, 0) is 42.4 Å². The molecule has 0 spiro atoms. The molecule has 146 valence electrons. The van der Waals surface area contributed by atoms with Gasteiger partial charge in [0, 0.05) is 23.1 Å². The molecule has 0 unspecified atom stereocenters. The monoisotopic (exact) mass is 399 g/mol. The maximum atomic E-state index is 12.3. The minimum atomic E-state index is -0.537. The number of fused-ring (bicyclic) bond motifs is 1. The molecule has 1 aromatic heterocycles. The van der Waals surface area contributed by atoms with Crippen LogP contribution in [0, 0.1) is 16.0 Å². The van der Waals surface area contributed by atoms with Gasteiger partial charge < -0.3 is 11.1 Å². The van der Waals surface area contributed by atoms with E-state index in [0.29, 0.717) is 22.0 Å². The summed E-state index contributed by atoms with van der Waals surface area (Å²) in [4.78, 5) is 35.8. The molecule has 0 saturated carbocycles. The molecule has 2 aromatic rings. The lowest BCUT2D eigenvalue weighted by Gasteiger charge is -2.20. The van der Waals surface area contributed by atoms with Gasteiger partial charge in [-0.2, -0.15) is 0 Å². The number of hydrogen-bond donors (Lipinski definition) is 2. The Morgan fingerprint density at radius 1 is 1.43 bits per heavy atom. The SMILES string of the molecule is CC[C@@H]1CCc2c(sc(NC(=O)/C=C\c3cccc([N+](=O)[O-])c3)c2C(N)=O)C1. The molecule has 0 fully saturated rings. The van der Waals surface area contributed by atoms with E-state index in [4.69, 9.17) is 5.73 Å². The number of amides is 2. The van der Waals surface area contributed by atoms with Crippen molar-refractivity contribution in [2.75, 3.05) is 5.32 Å². The van der Waals surface area contributed by atoms with E-state index in [1.165, 1.54) is 35.6 Å². The van der Waals surface area contributed by atoms with Crippen molar-refractivity contribution in [2.24, 2.45) is 11.7 Å². The molecule has 0 bridgehead atoms. The second-order valence-corrected chi connectivity index (χ2v) is 7.87. The van der Waals surface area contributed by atoms with Crippen LogP contribution >= 0.6 is 11.3 Å². The number of benzene rings is 1. The van der Waals surface area contributed by atoms with Crippen molar-refractivity contribution in [1.29, 1.82) is 0 Å². The molecule has 1 heterocycles. The van der Waals surface area contributed by atoms with E-state index in [9.17, 15) is 19.7 Å². The molecule has 1 aliphatic carbocycles. The van der Waals surface area contributed by atoms with Crippen molar-refractivity contribution in [3.05, 3.63) is 62.0 Å². The Bertz CT molecular complexity index is 964. The van der Waals surface area contributed by atoms with Gasteiger partial charge in [0.1, 0.15) is 5.00 Å². The zero-order valence-electron chi connectivity index (χ0n) is 15.4. The average molecular weight is 399 g/mol. The predicted octanol–water partition coefficient (Wildman–Crippen LogP) is 3.92. The topological polar surface area (TPSA) is 115 Å². The Hall–Kier alpha value is -3.00. The third-order valence-corrected chi connectivity index (χ3v) is 6.11. The summed E-state index contributed by atoms with van der Waals surface area (Å²) < 4.78 is 0. The van der Waals surface area contributed by atoms with Crippen molar-refractivity contribution < 1.29 is 14.5 Å². The molecule has 3 N–H and O–H groups in total. The van der Waals surface area contributed by atoms with Crippen LogP contribution in [0.2, 0.25) is 0 Å². The maximum absolute atomic E-state index is 12.3. The van der Waals surface area contributed by atoms with Gasteiger partial charge in [-0.25, -0.2) is 0 Å². The first-order valence-corrected chi connectivity index (χ1v) is 9.88. The highest BCUT2D eigenvalue weighted by Gasteiger charge is 2.27. The average Bonchev–Trinajstić information content (AvgIpc) is 3.03. The molecule has 7 nitrogen and oxygen atoms in total. The van der Waals surface area contributed by atoms with Crippen LogP contribution in [-0.2, 0) is 17.6 Å². The minimum Gasteiger partial charge on any atom is -0.365 e. The lowest BCUT2D eigenvalue weighted by molar-refractivity contribution is -0.384. The molecule has 8 heteroatoms. The second kappa shape index (κ2) is 8.35. The van der Waals surface area contributed by atoms with Gasteiger partial charge in [0.25, 0.3) is 11.6 Å². The molecule has 0 saturated heterocycles. The fourth-order valence-corrected chi connectivity index (χ4v) is 4.79. The molecule has 1 aliphatic rings. The number of nitro groups is 1. The Labute approximate surface area is 166 Å². The number of non-ortho nitro benzene ring substituents is 1. The van der Waals surface area contributed by atoms with Crippen molar-refractivity contribution in [1.82, 2.24) is 0 Å². The van der Waals surface area contributed by atoms with Crippen LogP contribution < -0.4 is 11.1 Å². The highest BCUT2D eigenvalue weighted by atomic mass is 32.1. The second-order valence-electron chi connectivity index (χ2n) is 6.76. The summed E-state index contributed by atoms with van der Waals surface area (Å²) in [6.45, 7) is 2.15. The molecular weight excluding hydrogens is 378 g/mol. The van der Waals surface area contributed by atoms with Crippen LogP contribution in [0.25, 0.3) is 6.08 Å². The van der Waals surface area contributed by atoms with Crippen LogP contribution in [0.1, 0.15) is 46.1 Å². The Kier molecular flexibility index (Phi) is 5.89. The summed E-state index contributed by atoms with van der Waals surface area (Å²) in [5.41, 5.74) is 7.43. The van der Waals surface area contributed by atoms with Gasteiger partial charge in [-0.1, -0.05) is 25.5 Å². The minimum absolute atomic E-state index is 0.0463. The summed E-state index contributed by atoms with van der Waals surface area (Å²) in [6, 6.07) is 5.99. The first-order chi connectivity index (χ1) is 13.4. The van der Waals surface area contributed by atoms with E-state index < -0.39 is 16.7 Å². The number of rotatable bonds is 6. The van der Waals surface area contributed by atoms with Gasteiger partial charge in [0.05, 0.1) is 10.5 Å². The van der Waals surface area contributed by atoms with Crippen molar-refractivity contribution in [3.63, 3.8) is 0 Å². The van der Waals surface area contributed by atoms with E-state index in [2.05, 4.69) is 12.2 Å². The molecule has 1 atom stereocenters. The van der Waals surface area contributed by atoms with Crippen LogP contribution in [0.15, 0.2) is 30.3 Å². The molecule has 28 heavy (non-hydrogen) atoms. The quantitative estimate of drug-likeness (QED) is 0.435. The van der Waals surface area contributed by atoms with Crippen LogP contribution in [0.3, 0.4) is 0 Å². The van der Waals surface area contributed by atoms with Crippen molar-refractivity contribution in [2.45, 2.75) is 32.6 Å². The third kappa shape index (κ3) is 4.28. The Morgan fingerprint density at radius 2 is 2.21 bits per heavy atom. The first kappa shape index (κ1) is 19.8. The van der Waals surface area contributed by atoms with Gasteiger partial charge in [0.2, 0.25) is 5.91 Å². The van der Waals surface area contributed by atoms with E-state index in [1.54, 1.807) is 12.1 Å². The number of nitro benzene ring substituents is 1. The highest BCUT2D eigenvalue weighted by Crippen LogP contribution is 2.40.